The molecule has 4 aliphatic carbocycles. The fourth-order valence-electron chi connectivity index (χ4n) is 9.14. The maximum Gasteiger partial charge on any atom is 0.0543 e. The summed E-state index contributed by atoms with van der Waals surface area (Å²) < 4.78 is 0. The second kappa shape index (κ2) is 7.99. The number of hydrogen-bond donors (Lipinski definition) is 1. The highest BCUT2D eigenvalue weighted by Gasteiger charge is 2.66. The maximum absolute atomic E-state index is 10.3. The van der Waals surface area contributed by atoms with Gasteiger partial charge in [0.2, 0.25) is 0 Å². The van der Waals surface area contributed by atoms with Gasteiger partial charge in [-0.05, 0) is 104 Å². The topological polar surface area (TPSA) is 20.2 Å². The van der Waals surface area contributed by atoms with Crippen LogP contribution in [0.3, 0.4) is 0 Å². The van der Waals surface area contributed by atoms with E-state index in [1.54, 1.807) is 0 Å². The van der Waals surface area contributed by atoms with E-state index in [0.717, 1.165) is 42.9 Å². The van der Waals surface area contributed by atoms with E-state index < -0.39 is 0 Å². The van der Waals surface area contributed by atoms with E-state index in [1.165, 1.54) is 57.8 Å². The molecule has 29 heavy (non-hydrogen) atoms. The first kappa shape index (κ1) is 22.4. The number of hydrogen-bond acceptors (Lipinski definition) is 1. The Morgan fingerprint density at radius 2 is 1.62 bits per heavy atom. The molecule has 0 bridgehead atoms. The molecule has 0 aromatic rings. The van der Waals surface area contributed by atoms with E-state index in [-0.39, 0.29) is 16.4 Å². The Hall–Kier alpha value is 0.250. The molecule has 0 amide bonds. The second-order valence-electron chi connectivity index (χ2n) is 12.7. The maximum atomic E-state index is 10.3. The van der Waals surface area contributed by atoms with Gasteiger partial charge in [0.15, 0.2) is 0 Å². The molecule has 1 N–H and O–H groups in total. The number of rotatable bonds is 5. The van der Waals surface area contributed by atoms with E-state index in [0.29, 0.717) is 17.3 Å². The van der Waals surface area contributed by atoms with Gasteiger partial charge in [-0.3, -0.25) is 0 Å². The van der Waals surface area contributed by atoms with Gasteiger partial charge in [-0.1, -0.05) is 53.9 Å². The van der Waals surface area contributed by atoms with Gasteiger partial charge in [0, 0.05) is 0 Å². The van der Waals surface area contributed by atoms with Crippen molar-refractivity contribution in [3.05, 3.63) is 0 Å². The van der Waals surface area contributed by atoms with Crippen molar-refractivity contribution < 1.29 is 5.11 Å². The van der Waals surface area contributed by atoms with E-state index >= 15 is 0 Å². The molecule has 168 valence electrons. The molecule has 0 radical (unpaired) electrons. The highest BCUT2D eigenvalue weighted by atomic mass is 35.5. The summed E-state index contributed by atoms with van der Waals surface area (Å²) in [6, 6.07) is 0. The summed E-state index contributed by atoms with van der Waals surface area (Å²) >= 11 is 7.73. The second-order valence-corrected chi connectivity index (χ2v) is 13.4. The van der Waals surface area contributed by atoms with Crippen LogP contribution in [0.4, 0.5) is 0 Å². The molecule has 0 aromatic carbocycles. The van der Waals surface area contributed by atoms with Crippen molar-refractivity contribution in [3.8, 4) is 0 Å². The van der Waals surface area contributed by atoms with Crippen molar-refractivity contribution in [2.75, 3.05) is 0 Å². The van der Waals surface area contributed by atoms with Crippen molar-refractivity contribution in [1.29, 1.82) is 0 Å². The van der Waals surface area contributed by atoms with Crippen LogP contribution in [0.1, 0.15) is 112 Å². The zero-order valence-corrected chi connectivity index (χ0v) is 20.6. The minimum absolute atomic E-state index is 0.0179. The van der Waals surface area contributed by atoms with Crippen LogP contribution in [-0.2, 0) is 0 Å². The van der Waals surface area contributed by atoms with Gasteiger partial charge in [-0.2, -0.15) is 0 Å². The average molecular weight is 423 g/mol. The van der Waals surface area contributed by atoms with E-state index in [4.69, 9.17) is 11.6 Å². The van der Waals surface area contributed by atoms with E-state index in [9.17, 15) is 5.11 Å². The predicted molar refractivity (Wildman–Crippen MR) is 124 cm³/mol. The third kappa shape index (κ3) is 3.53. The van der Waals surface area contributed by atoms with Crippen LogP contribution < -0.4 is 0 Å². The molecule has 4 rings (SSSR count). The number of aliphatic hydroxyl groups excluding tert-OH is 1. The van der Waals surface area contributed by atoms with Crippen LogP contribution in [-0.4, -0.2) is 16.1 Å². The van der Waals surface area contributed by atoms with Gasteiger partial charge in [0.1, 0.15) is 0 Å². The minimum Gasteiger partial charge on any atom is -0.393 e. The molecule has 2 unspecified atom stereocenters. The highest BCUT2D eigenvalue weighted by molar-refractivity contribution is 6.25. The number of alkyl halides is 1. The fourth-order valence-corrected chi connectivity index (χ4v) is 9.75. The van der Waals surface area contributed by atoms with Crippen molar-refractivity contribution >= 4 is 11.6 Å². The molecule has 1 nitrogen and oxygen atoms in total. The third-order valence-corrected chi connectivity index (χ3v) is 11.8. The largest absolute Gasteiger partial charge is 0.393 e. The van der Waals surface area contributed by atoms with Gasteiger partial charge >= 0.3 is 0 Å². The van der Waals surface area contributed by atoms with Gasteiger partial charge in [0.05, 0.1) is 11.0 Å². The molecule has 0 aliphatic heterocycles. The van der Waals surface area contributed by atoms with Crippen LogP contribution >= 0.6 is 11.6 Å². The summed E-state index contributed by atoms with van der Waals surface area (Å²) in [5.74, 6) is 4.77. The number of halogens is 1. The molecule has 4 fully saturated rings. The zero-order valence-electron chi connectivity index (χ0n) is 19.9. The van der Waals surface area contributed by atoms with Gasteiger partial charge in [-0.15, -0.1) is 11.6 Å². The first-order valence-electron chi connectivity index (χ1n) is 13.0. The average Bonchev–Trinajstić information content (AvgIpc) is 3.00. The highest BCUT2D eigenvalue weighted by Crippen LogP contribution is 2.71. The Morgan fingerprint density at radius 1 is 0.897 bits per heavy atom. The minimum atomic E-state index is -0.0821. The molecule has 0 saturated heterocycles. The third-order valence-electron chi connectivity index (χ3n) is 10.9. The summed E-state index contributed by atoms with van der Waals surface area (Å²) in [4.78, 5) is -0.0179. The van der Waals surface area contributed by atoms with Crippen molar-refractivity contribution in [2.45, 2.75) is 123 Å². The number of fused-ring (bicyclic) bond motifs is 5. The van der Waals surface area contributed by atoms with Gasteiger partial charge < -0.3 is 5.11 Å². The molecule has 0 heterocycles. The predicted octanol–water partition coefficient (Wildman–Crippen LogP) is 7.83. The van der Waals surface area contributed by atoms with E-state index in [2.05, 4.69) is 34.6 Å². The lowest BCUT2D eigenvalue weighted by molar-refractivity contribution is -0.113. The van der Waals surface area contributed by atoms with Crippen LogP contribution in [0, 0.1) is 46.3 Å². The lowest BCUT2D eigenvalue weighted by Gasteiger charge is -2.65. The SMILES string of the molecule is CC(C)CCC[C@@H](C)[C@H]1CC[C@H]2[C@@H]3CCC4CC(O)CC[C@]4(C)[C@@]3(Cl)CC[C@]12C. The van der Waals surface area contributed by atoms with Crippen LogP contribution in [0.5, 0.6) is 0 Å². The molecule has 9 atom stereocenters. The Kier molecular flexibility index (Phi) is 6.18. The monoisotopic (exact) mass is 422 g/mol. The normalized spacial score (nSPS) is 50.7. The van der Waals surface area contributed by atoms with E-state index in [1.807, 2.05) is 0 Å². The summed E-state index contributed by atoms with van der Waals surface area (Å²) in [5.41, 5.74) is 0.747. The lowest BCUT2D eigenvalue weighted by atomic mass is 9.44. The van der Waals surface area contributed by atoms with Crippen LogP contribution in [0.15, 0.2) is 0 Å². The van der Waals surface area contributed by atoms with Crippen LogP contribution in [0.25, 0.3) is 0 Å². The standard InChI is InChI=1S/C27H47ClO/c1-18(2)7-6-8-19(3)22-11-12-23-24-10-9-20-17-21(29)13-14-26(20,5)27(24,28)16-15-25(22,23)4/h18-24,29H,6-17H2,1-5H3/t19-,20?,21?,22-,23+,24+,25-,26+,27-/m1/s1. The fraction of sp³-hybridized carbons (Fsp3) is 1.00. The summed E-state index contributed by atoms with van der Waals surface area (Å²) in [6.45, 7) is 12.4. The smallest absolute Gasteiger partial charge is 0.0543 e. The first-order valence-corrected chi connectivity index (χ1v) is 13.4. The quantitative estimate of drug-likeness (QED) is 0.447. The Balaban J connectivity index is 1.51. The lowest BCUT2D eigenvalue weighted by Crippen LogP contribution is -2.63. The van der Waals surface area contributed by atoms with Gasteiger partial charge in [0.25, 0.3) is 0 Å². The first-order chi connectivity index (χ1) is 13.6. The van der Waals surface area contributed by atoms with Crippen molar-refractivity contribution in [2.24, 2.45) is 46.3 Å². The molecule has 0 aromatic heterocycles. The zero-order chi connectivity index (χ0) is 21.0. The number of aliphatic hydroxyl groups is 1. The summed E-state index contributed by atoms with van der Waals surface area (Å²) in [7, 11) is 0. The molecular formula is C27H47ClO. The Bertz CT molecular complexity index is 589. The Labute approximate surface area is 185 Å². The van der Waals surface area contributed by atoms with Crippen LogP contribution in [0.2, 0.25) is 0 Å². The molecule has 0 spiro atoms. The molecule has 4 aliphatic rings. The Morgan fingerprint density at radius 3 is 2.34 bits per heavy atom. The van der Waals surface area contributed by atoms with Gasteiger partial charge in [-0.25, -0.2) is 0 Å². The molecular weight excluding hydrogens is 376 g/mol. The van der Waals surface area contributed by atoms with Crippen molar-refractivity contribution in [3.63, 3.8) is 0 Å². The summed E-state index contributed by atoms with van der Waals surface area (Å²) in [5, 5.41) is 10.3. The molecule has 2 heteroatoms. The summed E-state index contributed by atoms with van der Waals surface area (Å²) in [6.07, 6.45) is 15.2. The molecule has 4 saturated carbocycles. The van der Waals surface area contributed by atoms with Crippen molar-refractivity contribution in [1.82, 2.24) is 0 Å².